The van der Waals surface area contributed by atoms with Crippen molar-refractivity contribution < 1.29 is 5.11 Å². The third-order valence-electron chi connectivity index (χ3n) is 2.91. The fourth-order valence-corrected chi connectivity index (χ4v) is 2.09. The van der Waals surface area contributed by atoms with Gasteiger partial charge in [-0.15, -0.1) is 0 Å². The van der Waals surface area contributed by atoms with Crippen LogP contribution in [-0.4, -0.2) is 23.3 Å². The molecule has 2 N–H and O–H groups in total. The monoisotopic (exact) mass is 185 g/mol. The molecule has 2 heteroatoms. The minimum absolute atomic E-state index is 0.307. The van der Waals surface area contributed by atoms with Crippen molar-refractivity contribution in [2.24, 2.45) is 0 Å². The number of rotatable bonds is 5. The molecule has 13 heavy (non-hydrogen) atoms. The Morgan fingerprint density at radius 2 is 1.92 bits per heavy atom. The van der Waals surface area contributed by atoms with Crippen molar-refractivity contribution in [2.45, 2.75) is 64.0 Å². The zero-order valence-electron chi connectivity index (χ0n) is 8.97. The van der Waals surface area contributed by atoms with Crippen LogP contribution >= 0.6 is 0 Å². The summed E-state index contributed by atoms with van der Waals surface area (Å²) in [5, 5.41) is 13.4. The first kappa shape index (κ1) is 11.0. The molecule has 78 valence electrons. The molecule has 0 aliphatic heterocycles. The van der Waals surface area contributed by atoms with Gasteiger partial charge in [-0.2, -0.15) is 0 Å². The molecule has 1 aliphatic rings. The van der Waals surface area contributed by atoms with Gasteiger partial charge < -0.3 is 10.4 Å². The van der Waals surface area contributed by atoms with E-state index < -0.39 is 0 Å². The summed E-state index contributed by atoms with van der Waals surface area (Å²) >= 11 is 0. The Hall–Kier alpha value is -0.0800. The van der Waals surface area contributed by atoms with E-state index in [1.807, 2.05) is 0 Å². The van der Waals surface area contributed by atoms with E-state index >= 15 is 0 Å². The molecule has 0 aromatic carbocycles. The van der Waals surface area contributed by atoms with Gasteiger partial charge in [-0.3, -0.25) is 0 Å². The summed E-state index contributed by atoms with van der Waals surface area (Å²) in [5.74, 6) is 0. The summed E-state index contributed by atoms with van der Waals surface area (Å²) in [6, 6.07) is 0.568. The normalized spacial score (nSPS) is 21.2. The Morgan fingerprint density at radius 1 is 1.31 bits per heavy atom. The maximum absolute atomic E-state index is 10.0. The first-order chi connectivity index (χ1) is 6.12. The maximum atomic E-state index is 10.0. The highest BCUT2D eigenvalue weighted by molar-refractivity contribution is 4.84. The third kappa shape index (κ3) is 4.10. The summed E-state index contributed by atoms with van der Waals surface area (Å²) in [6.07, 6.45) is 6.56. The van der Waals surface area contributed by atoms with Gasteiger partial charge in [-0.25, -0.2) is 0 Å². The van der Waals surface area contributed by atoms with Gasteiger partial charge in [0.25, 0.3) is 0 Å². The summed E-state index contributed by atoms with van der Waals surface area (Å²) in [7, 11) is 0. The van der Waals surface area contributed by atoms with Gasteiger partial charge >= 0.3 is 0 Å². The van der Waals surface area contributed by atoms with Crippen molar-refractivity contribution in [1.82, 2.24) is 5.32 Å². The zero-order chi connectivity index (χ0) is 9.73. The van der Waals surface area contributed by atoms with Crippen LogP contribution in [0.1, 0.15) is 52.4 Å². The van der Waals surface area contributed by atoms with Crippen molar-refractivity contribution in [3.05, 3.63) is 0 Å². The van der Waals surface area contributed by atoms with Gasteiger partial charge in [0.15, 0.2) is 0 Å². The maximum Gasteiger partial charge on any atom is 0.0648 e. The Balaban J connectivity index is 2.04. The van der Waals surface area contributed by atoms with Crippen LogP contribution in [0.3, 0.4) is 0 Å². The molecule has 0 aromatic rings. The van der Waals surface area contributed by atoms with Crippen LogP contribution in [0, 0.1) is 0 Å². The van der Waals surface area contributed by atoms with Crippen molar-refractivity contribution in [1.29, 1.82) is 0 Å². The topological polar surface area (TPSA) is 32.3 Å². The quantitative estimate of drug-likeness (QED) is 0.643. The van der Waals surface area contributed by atoms with Gasteiger partial charge in [-0.05, 0) is 32.2 Å². The van der Waals surface area contributed by atoms with E-state index in [0.717, 1.165) is 32.2 Å². The van der Waals surface area contributed by atoms with Crippen molar-refractivity contribution in [3.63, 3.8) is 0 Å². The lowest BCUT2D eigenvalue weighted by Gasteiger charge is -2.22. The minimum Gasteiger partial charge on any atom is -0.390 e. The molecular weight excluding hydrogens is 162 g/mol. The highest BCUT2D eigenvalue weighted by atomic mass is 16.3. The second-order valence-corrected chi connectivity index (χ2v) is 4.64. The molecule has 0 spiro atoms. The molecular formula is C11H23NO. The largest absolute Gasteiger partial charge is 0.390 e. The van der Waals surface area contributed by atoms with Crippen LogP contribution < -0.4 is 5.32 Å². The standard InChI is InChI=1S/C11H23NO/c1-10(2)12-9-5-8-11(13)6-3-4-7-11/h10,12-13H,3-9H2,1-2H3. The lowest BCUT2D eigenvalue weighted by Crippen LogP contribution is -2.28. The molecule has 0 bridgehead atoms. The number of hydrogen-bond acceptors (Lipinski definition) is 2. The first-order valence-corrected chi connectivity index (χ1v) is 5.58. The lowest BCUT2D eigenvalue weighted by molar-refractivity contribution is 0.0368. The predicted octanol–water partition coefficient (Wildman–Crippen LogP) is 2.07. The Bertz CT molecular complexity index is 139. The molecule has 0 heterocycles. The van der Waals surface area contributed by atoms with E-state index in [4.69, 9.17) is 0 Å². The average molecular weight is 185 g/mol. The highest BCUT2D eigenvalue weighted by Crippen LogP contribution is 2.32. The third-order valence-corrected chi connectivity index (χ3v) is 2.91. The minimum atomic E-state index is -0.307. The predicted molar refractivity (Wildman–Crippen MR) is 55.8 cm³/mol. The van der Waals surface area contributed by atoms with Crippen LogP contribution in [-0.2, 0) is 0 Å². The molecule has 2 nitrogen and oxygen atoms in total. The lowest BCUT2D eigenvalue weighted by atomic mass is 9.96. The van der Waals surface area contributed by atoms with Crippen LogP contribution in [0.25, 0.3) is 0 Å². The second kappa shape index (κ2) is 4.97. The Morgan fingerprint density at radius 3 is 2.46 bits per heavy atom. The molecule has 0 radical (unpaired) electrons. The number of hydrogen-bond donors (Lipinski definition) is 2. The van der Waals surface area contributed by atoms with Gasteiger partial charge in [0, 0.05) is 6.04 Å². The molecule has 0 unspecified atom stereocenters. The zero-order valence-corrected chi connectivity index (χ0v) is 8.97. The molecule has 1 fully saturated rings. The Labute approximate surface area is 81.7 Å². The molecule has 0 aromatic heterocycles. The highest BCUT2D eigenvalue weighted by Gasteiger charge is 2.29. The van der Waals surface area contributed by atoms with E-state index in [0.29, 0.717) is 6.04 Å². The van der Waals surface area contributed by atoms with Gasteiger partial charge in [0.2, 0.25) is 0 Å². The Kier molecular flexibility index (Phi) is 4.20. The van der Waals surface area contributed by atoms with Crippen LogP contribution in [0.2, 0.25) is 0 Å². The van der Waals surface area contributed by atoms with Gasteiger partial charge in [0.05, 0.1) is 5.60 Å². The van der Waals surface area contributed by atoms with Gasteiger partial charge in [-0.1, -0.05) is 26.7 Å². The first-order valence-electron chi connectivity index (χ1n) is 5.58. The van der Waals surface area contributed by atoms with Crippen LogP contribution in [0.4, 0.5) is 0 Å². The van der Waals surface area contributed by atoms with Crippen molar-refractivity contribution >= 4 is 0 Å². The van der Waals surface area contributed by atoms with Crippen molar-refractivity contribution in [3.8, 4) is 0 Å². The molecule has 0 atom stereocenters. The van der Waals surface area contributed by atoms with Crippen LogP contribution in [0.15, 0.2) is 0 Å². The summed E-state index contributed by atoms with van der Waals surface area (Å²) in [4.78, 5) is 0. The SMILES string of the molecule is CC(C)NCCCC1(O)CCCC1. The fraction of sp³-hybridized carbons (Fsp3) is 1.00. The fourth-order valence-electron chi connectivity index (χ4n) is 2.09. The van der Waals surface area contributed by atoms with E-state index in [1.165, 1.54) is 12.8 Å². The summed E-state index contributed by atoms with van der Waals surface area (Å²) in [5.41, 5.74) is -0.307. The molecule has 1 rings (SSSR count). The molecule has 0 saturated heterocycles. The summed E-state index contributed by atoms with van der Waals surface area (Å²) < 4.78 is 0. The molecule has 0 amide bonds. The number of nitrogens with one attached hydrogen (secondary N) is 1. The van der Waals surface area contributed by atoms with Gasteiger partial charge in [0.1, 0.15) is 0 Å². The molecule has 1 aliphatic carbocycles. The second-order valence-electron chi connectivity index (χ2n) is 4.64. The molecule has 1 saturated carbocycles. The van der Waals surface area contributed by atoms with Crippen LogP contribution in [0.5, 0.6) is 0 Å². The van der Waals surface area contributed by atoms with E-state index in [1.54, 1.807) is 0 Å². The van der Waals surface area contributed by atoms with E-state index in [2.05, 4.69) is 19.2 Å². The van der Waals surface area contributed by atoms with Crippen molar-refractivity contribution in [2.75, 3.05) is 6.54 Å². The smallest absolute Gasteiger partial charge is 0.0648 e. The number of aliphatic hydroxyl groups is 1. The van der Waals surface area contributed by atoms with E-state index in [-0.39, 0.29) is 5.60 Å². The average Bonchev–Trinajstić information content (AvgIpc) is 2.47. The summed E-state index contributed by atoms with van der Waals surface area (Å²) in [6.45, 7) is 5.36. The van der Waals surface area contributed by atoms with E-state index in [9.17, 15) is 5.11 Å².